The minimum Gasteiger partial charge on any atom is -0.337 e. The number of benzene rings is 1. The summed E-state index contributed by atoms with van der Waals surface area (Å²) in [5.74, 6) is 0.338. The zero-order valence-electron chi connectivity index (χ0n) is 14.9. The summed E-state index contributed by atoms with van der Waals surface area (Å²) in [5, 5.41) is 0. The van der Waals surface area contributed by atoms with Gasteiger partial charge in [0.25, 0.3) is 0 Å². The van der Waals surface area contributed by atoms with E-state index in [-0.39, 0.29) is 5.41 Å². The third-order valence-electron chi connectivity index (χ3n) is 5.92. The zero-order valence-corrected chi connectivity index (χ0v) is 14.9. The molecule has 4 rings (SSSR count). The molecule has 1 aromatic carbocycles. The van der Waals surface area contributed by atoms with Gasteiger partial charge in [0.15, 0.2) is 0 Å². The molecule has 0 unspecified atom stereocenters. The fraction of sp³-hybridized carbons (Fsp3) is 0.500. The molecular formula is C20H26N4O. The van der Waals surface area contributed by atoms with Crippen molar-refractivity contribution in [2.45, 2.75) is 32.2 Å². The van der Waals surface area contributed by atoms with Gasteiger partial charge in [-0.15, -0.1) is 0 Å². The van der Waals surface area contributed by atoms with Crippen LogP contribution in [0.5, 0.6) is 0 Å². The van der Waals surface area contributed by atoms with E-state index in [0.717, 1.165) is 57.5 Å². The fourth-order valence-corrected chi connectivity index (χ4v) is 4.29. The third kappa shape index (κ3) is 3.09. The number of likely N-dealkylation sites (tertiary alicyclic amines) is 1. The molecule has 1 aromatic heterocycles. The van der Waals surface area contributed by atoms with Gasteiger partial charge in [0.2, 0.25) is 5.91 Å². The van der Waals surface area contributed by atoms with Gasteiger partial charge in [0.05, 0.1) is 17.4 Å². The van der Waals surface area contributed by atoms with Gasteiger partial charge < -0.3 is 9.47 Å². The molecule has 5 heteroatoms. The van der Waals surface area contributed by atoms with E-state index >= 15 is 0 Å². The minimum absolute atomic E-state index is 0.156. The number of amides is 1. The third-order valence-corrected chi connectivity index (χ3v) is 5.92. The Balaban J connectivity index is 1.44. The summed E-state index contributed by atoms with van der Waals surface area (Å²) in [6.07, 6.45) is 7.85. The van der Waals surface area contributed by atoms with E-state index in [0.29, 0.717) is 5.91 Å². The van der Waals surface area contributed by atoms with E-state index < -0.39 is 0 Å². The van der Waals surface area contributed by atoms with E-state index in [1.807, 2.05) is 42.7 Å². The van der Waals surface area contributed by atoms with Gasteiger partial charge in [-0.05, 0) is 50.9 Å². The maximum Gasteiger partial charge on any atom is 0.233 e. The van der Waals surface area contributed by atoms with Crippen molar-refractivity contribution in [3.05, 3.63) is 48.5 Å². The largest absolute Gasteiger partial charge is 0.337 e. The number of hydrogen-bond donors (Lipinski definition) is 0. The van der Waals surface area contributed by atoms with Crippen molar-refractivity contribution in [1.82, 2.24) is 14.5 Å². The molecule has 0 bridgehead atoms. The molecule has 0 atom stereocenters. The molecule has 2 aromatic rings. The standard InChI is InChI=1S/C20H26N4O/c1-22-16-21-14-18(22)15-23-12-9-20(10-13-23)8-5-11-24(19(20)25)17-6-3-2-4-7-17/h2-4,6-7,14,16H,5,8-13,15H2,1H3. The van der Waals surface area contributed by atoms with Crippen LogP contribution in [-0.2, 0) is 18.4 Å². The lowest BCUT2D eigenvalue weighted by Gasteiger charge is -2.46. The van der Waals surface area contributed by atoms with Crippen molar-refractivity contribution in [1.29, 1.82) is 0 Å². The maximum atomic E-state index is 13.3. The normalized spacial score (nSPS) is 21.0. The predicted molar refractivity (Wildman–Crippen MR) is 98.2 cm³/mol. The number of carbonyl (C=O) groups excluding carboxylic acids is 1. The van der Waals surface area contributed by atoms with Crippen LogP contribution in [0.25, 0.3) is 0 Å². The second kappa shape index (κ2) is 6.64. The lowest BCUT2D eigenvalue weighted by atomic mass is 9.71. The van der Waals surface area contributed by atoms with Crippen molar-refractivity contribution in [3.8, 4) is 0 Å². The van der Waals surface area contributed by atoms with E-state index in [2.05, 4.69) is 26.6 Å². The first kappa shape index (κ1) is 16.3. The smallest absolute Gasteiger partial charge is 0.233 e. The molecule has 132 valence electrons. The van der Waals surface area contributed by atoms with Gasteiger partial charge in [-0.2, -0.15) is 0 Å². The van der Waals surface area contributed by atoms with Crippen LogP contribution < -0.4 is 4.90 Å². The van der Waals surface area contributed by atoms with Gasteiger partial charge >= 0.3 is 0 Å². The van der Waals surface area contributed by atoms with E-state index in [9.17, 15) is 4.79 Å². The van der Waals surface area contributed by atoms with Crippen LogP contribution in [0.2, 0.25) is 0 Å². The lowest BCUT2D eigenvalue weighted by Crippen LogP contribution is -2.53. The summed E-state index contributed by atoms with van der Waals surface area (Å²) in [6.45, 7) is 3.74. The number of piperidine rings is 2. The second-order valence-corrected chi connectivity index (χ2v) is 7.45. The van der Waals surface area contributed by atoms with Crippen molar-refractivity contribution in [2.75, 3.05) is 24.5 Å². The SMILES string of the molecule is Cn1cncc1CN1CCC2(CCCN(c3ccccc3)C2=O)CC1. The Kier molecular flexibility index (Phi) is 4.34. The number of anilines is 1. The quantitative estimate of drug-likeness (QED) is 0.864. The van der Waals surface area contributed by atoms with Crippen LogP contribution in [0.3, 0.4) is 0 Å². The second-order valence-electron chi connectivity index (χ2n) is 7.45. The van der Waals surface area contributed by atoms with Gasteiger partial charge in [-0.3, -0.25) is 9.69 Å². The van der Waals surface area contributed by atoms with Gasteiger partial charge in [0, 0.05) is 32.0 Å². The molecule has 0 radical (unpaired) electrons. The summed E-state index contributed by atoms with van der Waals surface area (Å²) in [5.41, 5.74) is 2.12. The van der Waals surface area contributed by atoms with Crippen molar-refractivity contribution < 1.29 is 4.79 Å². The Labute approximate surface area is 149 Å². The van der Waals surface area contributed by atoms with Gasteiger partial charge in [-0.1, -0.05) is 18.2 Å². The number of aryl methyl sites for hydroxylation is 1. The van der Waals surface area contributed by atoms with Crippen LogP contribution in [0, 0.1) is 5.41 Å². The van der Waals surface area contributed by atoms with E-state index in [1.54, 1.807) is 0 Å². The number of hydrogen-bond acceptors (Lipinski definition) is 3. The maximum absolute atomic E-state index is 13.3. The fourth-order valence-electron chi connectivity index (χ4n) is 4.29. The number of para-hydroxylation sites is 1. The number of imidazole rings is 1. The molecule has 2 fully saturated rings. The number of rotatable bonds is 3. The average molecular weight is 338 g/mol. The van der Waals surface area contributed by atoms with Crippen LogP contribution in [0.15, 0.2) is 42.9 Å². The molecule has 2 aliphatic heterocycles. The monoisotopic (exact) mass is 338 g/mol. The summed E-state index contributed by atoms with van der Waals surface area (Å²) in [6, 6.07) is 10.1. The molecule has 1 amide bonds. The molecule has 5 nitrogen and oxygen atoms in total. The summed E-state index contributed by atoms with van der Waals surface area (Å²) >= 11 is 0. The first-order valence-electron chi connectivity index (χ1n) is 9.23. The topological polar surface area (TPSA) is 41.4 Å². The highest BCUT2D eigenvalue weighted by Crippen LogP contribution is 2.42. The molecule has 1 spiro atoms. The van der Waals surface area contributed by atoms with Crippen molar-refractivity contribution >= 4 is 11.6 Å². The van der Waals surface area contributed by atoms with Crippen molar-refractivity contribution in [2.24, 2.45) is 12.5 Å². The number of nitrogens with zero attached hydrogens (tertiary/aromatic N) is 4. The molecule has 25 heavy (non-hydrogen) atoms. The Hall–Kier alpha value is -2.14. The molecule has 0 aliphatic carbocycles. The summed E-state index contributed by atoms with van der Waals surface area (Å²) in [4.78, 5) is 21.9. The first-order chi connectivity index (χ1) is 12.2. The Morgan fingerprint density at radius 1 is 1.08 bits per heavy atom. The molecule has 0 N–H and O–H groups in total. The van der Waals surface area contributed by atoms with E-state index in [4.69, 9.17) is 0 Å². The van der Waals surface area contributed by atoms with Crippen LogP contribution in [0.4, 0.5) is 5.69 Å². The van der Waals surface area contributed by atoms with Crippen LogP contribution >= 0.6 is 0 Å². The Morgan fingerprint density at radius 2 is 1.84 bits per heavy atom. The molecule has 2 aliphatic rings. The summed E-state index contributed by atoms with van der Waals surface area (Å²) in [7, 11) is 2.04. The average Bonchev–Trinajstić information content (AvgIpc) is 3.05. The van der Waals surface area contributed by atoms with Gasteiger partial charge in [-0.25, -0.2) is 4.98 Å². The van der Waals surface area contributed by atoms with Gasteiger partial charge in [0.1, 0.15) is 0 Å². The Bertz CT molecular complexity index is 731. The lowest BCUT2D eigenvalue weighted by molar-refractivity contribution is -0.133. The first-order valence-corrected chi connectivity index (χ1v) is 9.23. The number of aromatic nitrogens is 2. The zero-order chi connectivity index (χ0) is 17.3. The highest BCUT2D eigenvalue weighted by Gasteiger charge is 2.45. The highest BCUT2D eigenvalue weighted by molar-refractivity contribution is 5.98. The van der Waals surface area contributed by atoms with E-state index in [1.165, 1.54) is 5.69 Å². The number of carbonyl (C=O) groups is 1. The summed E-state index contributed by atoms with van der Waals surface area (Å²) < 4.78 is 2.08. The predicted octanol–water partition coefficient (Wildman–Crippen LogP) is 2.83. The molecular weight excluding hydrogens is 312 g/mol. The van der Waals surface area contributed by atoms with Crippen LogP contribution in [-0.4, -0.2) is 40.0 Å². The molecule has 0 saturated carbocycles. The molecule has 3 heterocycles. The minimum atomic E-state index is -0.156. The van der Waals surface area contributed by atoms with Crippen molar-refractivity contribution in [3.63, 3.8) is 0 Å². The highest BCUT2D eigenvalue weighted by atomic mass is 16.2. The molecule has 2 saturated heterocycles. The Morgan fingerprint density at radius 3 is 2.52 bits per heavy atom. The van der Waals surface area contributed by atoms with Crippen LogP contribution in [0.1, 0.15) is 31.4 Å².